The van der Waals surface area contributed by atoms with Crippen LogP contribution in [0.5, 0.6) is 0 Å². The van der Waals surface area contributed by atoms with E-state index < -0.39 is 17.9 Å². The van der Waals surface area contributed by atoms with Crippen molar-refractivity contribution in [1.29, 1.82) is 0 Å². The standard InChI is InChI=1S/C25H25Cl2N3O3/c1-14-8-10-15(11-9-14)28-21(31)13-19-23(32)29-17-6-4-5-7-18(17)30(19)24(33)22-16(12-20(26)27)25(22,2)3/h4-12,16,19,22H,13H2,1-3H3,(H,28,31)(H,29,32)/t16-,19-,22+/m1/s1. The van der Waals surface area contributed by atoms with Crippen molar-refractivity contribution in [3.8, 4) is 0 Å². The second-order valence-corrected chi connectivity index (χ2v) is 10.1. The molecule has 1 heterocycles. The maximum Gasteiger partial charge on any atom is 0.248 e. The Hall–Kier alpha value is -2.83. The molecule has 1 fully saturated rings. The maximum atomic E-state index is 13.8. The van der Waals surface area contributed by atoms with Crippen LogP contribution in [-0.4, -0.2) is 23.8 Å². The van der Waals surface area contributed by atoms with Crippen LogP contribution in [0.1, 0.15) is 25.8 Å². The van der Waals surface area contributed by atoms with Gasteiger partial charge in [-0.15, -0.1) is 0 Å². The molecule has 0 unspecified atom stereocenters. The monoisotopic (exact) mass is 485 g/mol. The largest absolute Gasteiger partial charge is 0.326 e. The summed E-state index contributed by atoms with van der Waals surface area (Å²) in [5.41, 5.74) is 2.43. The average molecular weight is 486 g/mol. The van der Waals surface area contributed by atoms with E-state index in [9.17, 15) is 14.4 Å². The van der Waals surface area contributed by atoms with Crippen molar-refractivity contribution in [3.63, 3.8) is 0 Å². The number of carbonyl (C=O) groups is 3. The number of anilines is 3. The van der Waals surface area contributed by atoms with Gasteiger partial charge in [0.25, 0.3) is 0 Å². The van der Waals surface area contributed by atoms with Crippen molar-refractivity contribution in [1.82, 2.24) is 0 Å². The topological polar surface area (TPSA) is 78.5 Å². The Kier molecular flexibility index (Phi) is 6.25. The molecular formula is C25H25Cl2N3O3. The Balaban J connectivity index is 1.63. The Morgan fingerprint density at radius 2 is 1.79 bits per heavy atom. The molecule has 2 aromatic carbocycles. The number of aryl methyl sites for hydroxylation is 1. The first-order valence-electron chi connectivity index (χ1n) is 10.7. The van der Waals surface area contributed by atoms with Crippen molar-refractivity contribution >= 4 is 58.0 Å². The second kappa shape index (κ2) is 8.84. The van der Waals surface area contributed by atoms with Crippen LogP contribution in [-0.2, 0) is 14.4 Å². The number of rotatable bonds is 5. The molecule has 172 valence electrons. The molecule has 6 nitrogen and oxygen atoms in total. The molecule has 0 radical (unpaired) electrons. The summed E-state index contributed by atoms with van der Waals surface area (Å²) >= 11 is 11.7. The molecule has 2 N–H and O–H groups in total. The van der Waals surface area contributed by atoms with E-state index in [0.29, 0.717) is 17.1 Å². The smallest absolute Gasteiger partial charge is 0.248 e. The number of fused-ring (bicyclic) bond motifs is 1. The zero-order chi connectivity index (χ0) is 23.9. The average Bonchev–Trinajstić information content (AvgIpc) is 3.28. The summed E-state index contributed by atoms with van der Waals surface area (Å²) in [6.07, 6.45) is 1.49. The summed E-state index contributed by atoms with van der Waals surface area (Å²) in [6, 6.07) is 13.5. The molecule has 33 heavy (non-hydrogen) atoms. The Morgan fingerprint density at radius 1 is 1.12 bits per heavy atom. The van der Waals surface area contributed by atoms with Gasteiger partial charge in [0.1, 0.15) is 10.5 Å². The van der Waals surface area contributed by atoms with Crippen molar-refractivity contribution < 1.29 is 14.4 Å². The number of nitrogens with zero attached hydrogens (tertiary/aromatic N) is 1. The van der Waals surface area contributed by atoms with E-state index in [1.165, 1.54) is 4.90 Å². The molecule has 0 spiro atoms. The fourth-order valence-electron chi connectivity index (χ4n) is 4.52. The Labute approximate surface area is 202 Å². The minimum atomic E-state index is -0.981. The van der Waals surface area contributed by atoms with Crippen molar-refractivity contribution in [2.24, 2.45) is 17.3 Å². The van der Waals surface area contributed by atoms with Gasteiger partial charge in [0.15, 0.2) is 0 Å². The summed E-state index contributed by atoms with van der Waals surface area (Å²) in [4.78, 5) is 41.1. The van der Waals surface area contributed by atoms with E-state index >= 15 is 0 Å². The van der Waals surface area contributed by atoms with Gasteiger partial charge in [-0.05, 0) is 48.6 Å². The lowest BCUT2D eigenvalue weighted by atomic mass is 10.0. The molecular weight excluding hydrogens is 461 g/mol. The van der Waals surface area contributed by atoms with E-state index in [4.69, 9.17) is 23.2 Å². The van der Waals surface area contributed by atoms with Gasteiger partial charge in [0.2, 0.25) is 17.7 Å². The number of para-hydroxylation sites is 2. The Morgan fingerprint density at radius 3 is 2.45 bits per heavy atom. The van der Waals surface area contributed by atoms with Crippen LogP contribution in [0.4, 0.5) is 17.1 Å². The summed E-state index contributed by atoms with van der Waals surface area (Å²) in [5.74, 6) is -1.56. The molecule has 4 rings (SSSR count). The van der Waals surface area contributed by atoms with Crippen LogP contribution >= 0.6 is 23.2 Å². The number of allylic oxidation sites excluding steroid dienone is 1. The van der Waals surface area contributed by atoms with Crippen LogP contribution in [0.2, 0.25) is 0 Å². The van der Waals surface area contributed by atoms with Gasteiger partial charge in [-0.2, -0.15) is 0 Å². The van der Waals surface area contributed by atoms with Crippen LogP contribution in [0.15, 0.2) is 59.1 Å². The van der Waals surface area contributed by atoms with Gasteiger partial charge in [-0.3, -0.25) is 19.3 Å². The van der Waals surface area contributed by atoms with Crippen LogP contribution in [0.25, 0.3) is 0 Å². The molecule has 0 saturated heterocycles. The fourth-order valence-corrected chi connectivity index (χ4v) is 4.79. The lowest BCUT2D eigenvalue weighted by Gasteiger charge is -2.36. The van der Waals surface area contributed by atoms with E-state index in [1.54, 1.807) is 42.5 Å². The van der Waals surface area contributed by atoms with Gasteiger partial charge < -0.3 is 10.6 Å². The van der Waals surface area contributed by atoms with Gasteiger partial charge in [0.05, 0.1) is 23.7 Å². The lowest BCUT2D eigenvalue weighted by molar-refractivity contribution is -0.127. The van der Waals surface area contributed by atoms with Crippen LogP contribution < -0.4 is 15.5 Å². The fraction of sp³-hybridized carbons (Fsp3) is 0.320. The van der Waals surface area contributed by atoms with Crippen LogP contribution in [0, 0.1) is 24.2 Å². The zero-order valence-electron chi connectivity index (χ0n) is 18.6. The minimum absolute atomic E-state index is 0.106. The van der Waals surface area contributed by atoms with Crippen molar-refractivity contribution in [3.05, 3.63) is 64.7 Å². The number of amides is 3. The Bertz CT molecular complexity index is 1140. The third-order valence-electron chi connectivity index (χ3n) is 6.47. The normalized spacial score (nSPS) is 22.6. The number of benzene rings is 2. The summed E-state index contributed by atoms with van der Waals surface area (Å²) in [5, 5.41) is 5.64. The quantitative estimate of drug-likeness (QED) is 0.605. The molecule has 1 aliphatic heterocycles. The van der Waals surface area contributed by atoms with Crippen molar-refractivity contribution in [2.75, 3.05) is 15.5 Å². The summed E-state index contributed by atoms with van der Waals surface area (Å²) < 4.78 is 0.106. The highest BCUT2D eigenvalue weighted by Gasteiger charge is 2.62. The molecule has 0 bridgehead atoms. The molecule has 3 atom stereocenters. The predicted molar refractivity (Wildman–Crippen MR) is 131 cm³/mol. The first-order chi connectivity index (χ1) is 15.6. The first kappa shape index (κ1) is 23.3. The second-order valence-electron chi connectivity index (χ2n) is 9.13. The molecule has 2 aliphatic rings. The van der Waals surface area contributed by atoms with Gasteiger partial charge in [-0.1, -0.05) is 66.9 Å². The molecule has 3 amide bonds. The number of hydrogen-bond acceptors (Lipinski definition) is 3. The highest BCUT2D eigenvalue weighted by atomic mass is 35.5. The number of halogens is 2. The lowest BCUT2D eigenvalue weighted by Crippen LogP contribution is -2.53. The van der Waals surface area contributed by atoms with Crippen LogP contribution in [0.3, 0.4) is 0 Å². The first-order valence-corrected chi connectivity index (χ1v) is 11.5. The summed E-state index contributed by atoms with van der Waals surface area (Å²) in [6.45, 7) is 5.88. The van der Waals surface area contributed by atoms with Gasteiger partial charge >= 0.3 is 0 Å². The molecule has 0 aromatic heterocycles. The number of carbonyl (C=O) groups excluding carboxylic acids is 3. The van der Waals surface area contributed by atoms with Gasteiger partial charge in [0, 0.05) is 5.69 Å². The number of hydrogen-bond donors (Lipinski definition) is 2. The van der Waals surface area contributed by atoms with E-state index in [2.05, 4.69) is 10.6 Å². The predicted octanol–water partition coefficient (Wildman–Crippen LogP) is 5.27. The van der Waals surface area contributed by atoms with E-state index in [0.717, 1.165) is 5.56 Å². The summed E-state index contributed by atoms with van der Waals surface area (Å²) in [7, 11) is 0. The minimum Gasteiger partial charge on any atom is -0.326 e. The highest BCUT2D eigenvalue weighted by molar-refractivity contribution is 6.55. The van der Waals surface area contributed by atoms with Gasteiger partial charge in [-0.25, -0.2) is 0 Å². The van der Waals surface area contributed by atoms with E-state index in [-0.39, 0.29) is 34.1 Å². The molecule has 8 heteroatoms. The third-order valence-corrected chi connectivity index (χ3v) is 6.72. The SMILES string of the molecule is Cc1ccc(NC(=O)C[C@@H]2C(=O)Nc3ccccc3N2C(=O)[C@@H]2[C@@H](C=C(Cl)Cl)C2(C)C)cc1. The number of nitrogens with one attached hydrogen (secondary N) is 2. The third kappa shape index (κ3) is 4.63. The molecule has 1 aliphatic carbocycles. The van der Waals surface area contributed by atoms with E-state index in [1.807, 2.05) is 32.9 Å². The highest BCUT2D eigenvalue weighted by Crippen LogP contribution is 2.61. The molecule has 1 saturated carbocycles. The molecule has 2 aromatic rings. The van der Waals surface area contributed by atoms with Crippen molar-refractivity contribution in [2.45, 2.75) is 33.2 Å². The maximum absolute atomic E-state index is 13.8. The zero-order valence-corrected chi connectivity index (χ0v) is 20.1.